The number of carboxylic acids is 1. The molecular weight excluding hydrogens is 286 g/mol. The molecular formula is C16H21NO5. The molecule has 1 aliphatic carbocycles. The lowest BCUT2D eigenvalue weighted by molar-refractivity contribution is -0.139. The Kier molecular flexibility index (Phi) is 5.77. The van der Waals surface area contributed by atoms with E-state index in [9.17, 15) is 9.59 Å². The van der Waals surface area contributed by atoms with Gasteiger partial charge in [-0.1, -0.05) is 12.8 Å². The summed E-state index contributed by atoms with van der Waals surface area (Å²) in [5, 5.41) is 11.4. The van der Waals surface area contributed by atoms with Crippen LogP contribution in [-0.2, 0) is 14.3 Å². The van der Waals surface area contributed by atoms with Crippen LogP contribution in [0.2, 0.25) is 0 Å². The van der Waals surface area contributed by atoms with E-state index in [1.54, 1.807) is 18.2 Å². The van der Waals surface area contributed by atoms with Gasteiger partial charge in [0.25, 0.3) is 0 Å². The van der Waals surface area contributed by atoms with E-state index in [0.717, 1.165) is 18.4 Å². The molecule has 6 nitrogen and oxygen atoms in total. The number of benzene rings is 1. The number of carbonyl (C=O) groups is 2. The van der Waals surface area contributed by atoms with Crippen molar-refractivity contribution in [3.05, 3.63) is 23.8 Å². The lowest BCUT2D eigenvalue weighted by Gasteiger charge is -2.13. The van der Waals surface area contributed by atoms with Crippen LogP contribution < -0.4 is 10.1 Å². The number of nitrogens with one attached hydrogen (secondary N) is 1. The Balaban J connectivity index is 1.83. The van der Waals surface area contributed by atoms with E-state index in [1.165, 1.54) is 12.8 Å². The second-order valence-corrected chi connectivity index (χ2v) is 5.42. The average molecular weight is 307 g/mol. The number of ether oxygens (including phenoxy) is 2. The molecule has 1 saturated carbocycles. The first kappa shape index (κ1) is 16.3. The molecule has 2 rings (SSSR count). The molecule has 1 amide bonds. The third kappa shape index (κ3) is 5.04. The van der Waals surface area contributed by atoms with Gasteiger partial charge in [0, 0.05) is 5.69 Å². The lowest BCUT2D eigenvalue weighted by Crippen LogP contribution is -2.22. The molecule has 0 aromatic heterocycles. The summed E-state index contributed by atoms with van der Waals surface area (Å²) in [4.78, 5) is 22.3. The first-order valence-electron chi connectivity index (χ1n) is 7.41. The monoisotopic (exact) mass is 307 g/mol. The molecule has 2 N–H and O–H groups in total. The van der Waals surface area contributed by atoms with Crippen molar-refractivity contribution in [2.75, 3.05) is 18.5 Å². The van der Waals surface area contributed by atoms with Crippen LogP contribution in [0.25, 0.3) is 0 Å². The Morgan fingerprint density at radius 3 is 2.64 bits per heavy atom. The fourth-order valence-electron chi connectivity index (χ4n) is 2.45. The number of hydrogen-bond donors (Lipinski definition) is 2. The first-order valence-corrected chi connectivity index (χ1v) is 7.41. The Morgan fingerprint density at radius 1 is 1.27 bits per heavy atom. The molecule has 22 heavy (non-hydrogen) atoms. The van der Waals surface area contributed by atoms with Gasteiger partial charge in [-0.2, -0.15) is 0 Å². The zero-order chi connectivity index (χ0) is 15.9. The molecule has 120 valence electrons. The fraction of sp³-hybridized carbons (Fsp3) is 0.500. The minimum Gasteiger partial charge on any atom is -0.482 e. The van der Waals surface area contributed by atoms with E-state index < -0.39 is 5.97 Å². The third-order valence-electron chi connectivity index (χ3n) is 3.59. The molecule has 0 bridgehead atoms. The second-order valence-electron chi connectivity index (χ2n) is 5.42. The molecule has 1 aromatic carbocycles. The van der Waals surface area contributed by atoms with Crippen molar-refractivity contribution >= 4 is 17.6 Å². The van der Waals surface area contributed by atoms with Crippen molar-refractivity contribution in [3.8, 4) is 5.75 Å². The van der Waals surface area contributed by atoms with Crippen molar-refractivity contribution in [2.45, 2.75) is 38.7 Å². The zero-order valence-electron chi connectivity index (χ0n) is 12.6. The van der Waals surface area contributed by atoms with Gasteiger partial charge in [-0.25, -0.2) is 4.79 Å². The van der Waals surface area contributed by atoms with Crippen LogP contribution in [0.15, 0.2) is 18.2 Å². The smallest absolute Gasteiger partial charge is 0.341 e. The maximum absolute atomic E-state index is 11.9. The Hall–Kier alpha value is -2.08. The van der Waals surface area contributed by atoms with Crippen LogP contribution in [0.3, 0.4) is 0 Å². The van der Waals surface area contributed by atoms with Gasteiger partial charge in [-0.3, -0.25) is 4.79 Å². The predicted molar refractivity (Wildman–Crippen MR) is 81.1 cm³/mol. The van der Waals surface area contributed by atoms with E-state index >= 15 is 0 Å². The van der Waals surface area contributed by atoms with Crippen LogP contribution >= 0.6 is 0 Å². The number of aliphatic carboxylic acids is 1. The average Bonchev–Trinajstić information content (AvgIpc) is 2.99. The lowest BCUT2D eigenvalue weighted by atomic mass is 10.2. The summed E-state index contributed by atoms with van der Waals surface area (Å²) in [6, 6.07) is 5.01. The first-order chi connectivity index (χ1) is 10.5. The highest BCUT2D eigenvalue weighted by Crippen LogP contribution is 2.22. The van der Waals surface area contributed by atoms with E-state index in [0.29, 0.717) is 11.4 Å². The molecule has 0 heterocycles. The largest absolute Gasteiger partial charge is 0.482 e. The van der Waals surface area contributed by atoms with Crippen molar-refractivity contribution < 1.29 is 24.2 Å². The van der Waals surface area contributed by atoms with Crippen LogP contribution in [-0.4, -0.2) is 36.3 Å². The Labute approximate surface area is 129 Å². The highest BCUT2D eigenvalue weighted by Gasteiger charge is 2.16. The molecule has 6 heteroatoms. The number of hydrogen-bond acceptors (Lipinski definition) is 4. The van der Waals surface area contributed by atoms with Gasteiger partial charge in [-0.15, -0.1) is 0 Å². The van der Waals surface area contributed by atoms with Gasteiger partial charge < -0.3 is 19.9 Å². The minimum atomic E-state index is -1.03. The molecule has 0 radical (unpaired) electrons. The molecule has 0 unspecified atom stereocenters. The summed E-state index contributed by atoms with van der Waals surface area (Å²) in [5.74, 6) is -0.756. The van der Waals surface area contributed by atoms with Gasteiger partial charge in [-0.05, 0) is 43.5 Å². The molecule has 1 fully saturated rings. The summed E-state index contributed by atoms with van der Waals surface area (Å²) in [7, 11) is 0. The SMILES string of the molecule is Cc1cc(OCC(=O)O)ccc1NC(=O)COC1CCCC1. The van der Waals surface area contributed by atoms with E-state index in [4.69, 9.17) is 14.6 Å². The molecule has 0 aliphatic heterocycles. The van der Waals surface area contributed by atoms with E-state index in [2.05, 4.69) is 5.32 Å². The standard InChI is InChI=1S/C16H21NO5/c1-11-8-13(22-10-16(19)20)6-7-14(11)17-15(18)9-21-12-4-2-3-5-12/h6-8,12H,2-5,9-10H2,1H3,(H,17,18)(H,19,20). The number of anilines is 1. The summed E-state index contributed by atoms with van der Waals surface area (Å²) in [6.45, 7) is 1.49. The highest BCUT2D eigenvalue weighted by molar-refractivity contribution is 5.92. The fourth-order valence-corrected chi connectivity index (χ4v) is 2.45. The maximum Gasteiger partial charge on any atom is 0.341 e. The van der Waals surface area contributed by atoms with Crippen molar-refractivity contribution in [3.63, 3.8) is 0 Å². The molecule has 0 atom stereocenters. The van der Waals surface area contributed by atoms with Crippen molar-refractivity contribution in [2.24, 2.45) is 0 Å². The normalized spacial score (nSPS) is 14.8. The number of rotatable bonds is 7. The van der Waals surface area contributed by atoms with Crippen molar-refractivity contribution in [1.29, 1.82) is 0 Å². The minimum absolute atomic E-state index is 0.0569. The molecule has 1 aromatic rings. The summed E-state index contributed by atoms with van der Waals surface area (Å²) in [5.41, 5.74) is 1.47. The Bertz CT molecular complexity index is 537. The second kappa shape index (κ2) is 7.79. The number of aryl methyl sites for hydroxylation is 1. The third-order valence-corrected chi connectivity index (χ3v) is 3.59. The summed E-state index contributed by atoms with van der Waals surface area (Å²) in [6.07, 6.45) is 4.61. The number of carboxylic acid groups (broad SMARTS) is 1. The number of carbonyl (C=O) groups excluding carboxylic acids is 1. The van der Waals surface area contributed by atoms with Gasteiger partial charge >= 0.3 is 5.97 Å². The van der Waals surface area contributed by atoms with Gasteiger partial charge in [0.05, 0.1) is 6.10 Å². The van der Waals surface area contributed by atoms with Crippen LogP contribution in [0.4, 0.5) is 5.69 Å². The molecule has 0 saturated heterocycles. The Morgan fingerprint density at radius 2 is 2.00 bits per heavy atom. The van der Waals surface area contributed by atoms with Gasteiger partial charge in [0.2, 0.25) is 5.91 Å². The zero-order valence-corrected chi connectivity index (χ0v) is 12.6. The van der Waals surface area contributed by atoms with E-state index in [-0.39, 0.29) is 25.2 Å². The molecule has 0 spiro atoms. The van der Waals surface area contributed by atoms with Gasteiger partial charge in [0.15, 0.2) is 6.61 Å². The predicted octanol–water partition coefficient (Wildman–Crippen LogP) is 2.36. The molecule has 1 aliphatic rings. The van der Waals surface area contributed by atoms with Crippen molar-refractivity contribution in [1.82, 2.24) is 0 Å². The quantitative estimate of drug-likeness (QED) is 0.807. The van der Waals surface area contributed by atoms with Crippen LogP contribution in [0.1, 0.15) is 31.2 Å². The van der Waals surface area contributed by atoms with Crippen LogP contribution in [0, 0.1) is 6.92 Å². The maximum atomic E-state index is 11.9. The topological polar surface area (TPSA) is 84.9 Å². The van der Waals surface area contributed by atoms with Crippen LogP contribution in [0.5, 0.6) is 5.75 Å². The van der Waals surface area contributed by atoms with E-state index in [1.807, 2.05) is 6.92 Å². The van der Waals surface area contributed by atoms with Gasteiger partial charge in [0.1, 0.15) is 12.4 Å². The highest BCUT2D eigenvalue weighted by atomic mass is 16.5. The summed E-state index contributed by atoms with van der Waals surface area (Å²) < 4.78 is 10.6. The summed E-state index contributed by atoms with van der Waals surface area (Å²) >= 11 is 0. The number of amides is 1.